The highest BCUT2D eigenvalue weighted by atomic mass is 19.1. The molecule has 2 aromatic carbocycles. The number of hydrogen-bond acceptors (Lipinski definition) is 9. The number of rotatable bonds is 5. The number of nitrogens with two attached hydrogens (primary N) is 3. The molecule has 10 nitrogen and oxygen atoms in total. The first-order valence-corrected chi connectivity index (χ1v) is 8.46. The minimum atomic E-state index is -1.01. The summed E-state index contributed by atoms with van der Waals surface area (Å²) >= 11 is 0. The van der Waals surface area contributed by atoms with Crippen LogP contribution in [-0.2, 0) is 9.47 Å². The molecule has 2 rings (SSSR count). The van der Waals surface area contributed by atoms with Crippen molar-refractivity contribution in [3.63, 3.8) is 0 Å². The van der Waals surface area contributed by atoms with E-state index in [1.165, 1.54) is 13.0 Å². The van der Waals surface area contributed by atoms with Gasteiger partial charge in [-0.2, -0.15) is 0 Å². The second-order valence-corrected chi connectivity index (χ2v) is 5.48. The summed E-state index contributed by atoms with van der Waals surface area (Å²) in [6.45, 7) is 3.34. The number of nitro benzene ring substituents is 1. The minimum absolute atomic E-state index is 0.0282. The average molecular weight is 426 g/mol. The van der Waals surface area contributed by atoms with Crippen molar-refractivity contribution in [2.45, 2.75) is 13.8 Å². The fourth-order valence-corrected chi connectivity index (χ4v) is 2.17. The summed E-state index contributed by atoms with van der Waals surface area (Å²) in [6, 6.07) is 4.08. The largest absolute Gasteiger partial charge is 0.462 e. The fourth-order valence-electron chi connectivity index (χ4n) is 2.17. The second kappa shape index (κ2) is 10.5. The highest BCUT2D eigenvalue weighted by Gasteiger charge is 2.24. The van der Waals surface area contributed by atoms with Crippen molar-refractivity contribution in [1.82, 2.24) is 0 Å². The Morgan fingerprint density at radius 1 is 0.900 bits per heavy atom. The van der Waals surface area contributed by atoms with Crippen LogP contribution in [0.25, 0.3) is 0 Å². The van der Waals surface area contributed by atoms with E-state index in [0.717, 1.165) is 18.2 Å². The zero-order valence-electron chi connectivity index (χ0n) is 16.1. The van der Waals surface area contributed by atoms with Gasteiger partial charge in [0.2, 0.25) is 0 Å². The topological polar surface area (TPSA) is 174 Å². The number of esters is 2. The SMILES string of the molecule is CCOC(=O)c1c(F)ccc(N)c1N.CCOC(=O)c1c(F)ccc([N+](=O)[O-])c1N. The van der Waals surface area contributed by atoms with E-state index in [0.29, 0.717) is 0 Å². The highest BCUT2D eigenvalue weighted by Crippen LogP contribution is 2.28. The molecule has 0 saturated heterocycles. The van der Waals surface area contributed by atoms with Gasteiger partial charge in [0, 0.05) is 6.07 Å². The number of halogens is 2. The summed E-state index contributed by atoms with van der Waals surface area (Å²) in [5.41, 5.74) is 14.3. The van der Waals surface area contributed by atoms with Crippen LogP contribution in [0.15, 0.2) is 24.3 Å². The summed E-state index contributed by atoms with van der Waals surface area (Å²) in [5.74, 6) is -3.48. The predicted octanol–water partition coefficient (Wildman–Crippen LogP) is 2.66. The Bertz CT molecular complexity index is 968. The van der Waals surface area contributed by atoms with Crippen LogP contribution < -0.4 is 17.2 Å². The van der Waals surface area contributed by atoms with Gasteiger partial charge in [0.1, 0.15) is 28.4 Å². The Hall–Kier alpha value is -3.96. The van der Waals surface area contributed by atoms with Gasteiger partial charge < -0.3 is 26.7 Å². The molecule has 0 aromatic heterocycles. The third kappa shape index (κ3) is 5.53. The van der Waals surface area contributed by atoms with Crippen molar-refractivity contribution in [2.24, 2.45) is 0 Å². The lowest BCUT2D eigenvalue weighted by molar-refractivity contribution is -0.384. The smallest absolute Gasteiger partial charge is 0.343 e. The van der Waals surface area contributed by atoms with Gasteiger partial charge in [-0.15, -0.1) is 0 Å². The Labute approximate surface area is 169 Å². The molecule has 0 unspecified atom stereocenters. The quantitative estimate of drug-likeness (QED) is 0.281. The third-order valence-corrected chi connectivity index (χ3v) is 3.56. The van der Waals surface area contributed by atoms with Crippen LogP contribution in [0, 0.1) is 21.7 Å². The van der Waals surface area contributed by atoms with E-state index >= 15 is 0 Å². The van der Waals surface area contributed by atoms with Gasteiger partial charge in [0.05, 0.1) is 29.5 Å². The first kappa shape index (κ1) is 24.1. The molecule has 0 fully saturated rings. The molecule has 0 atom stereocenters. The maximum Gasteiger partial charge on any atom is 0.343 e. The summed E-state index contributed by atoms with van der Waals surface area (Å²) in [6.07, 6.45) is 0. The molecule has 162 valence electrons. The van der Waals surface area contributed by atoms with E-state index in [-0.39, 0.29) is 30.2 Å². The van der Waals surface area contributed by atoms with E-state index in [4.69, 9.17) is 17.2 Å². The van der Waals surface area contributed by atoms with E-state index < -0.39 is 45.4 Å². The number of anilines is 3. The number of carbonyl (C=O) groups is 2. The molecule has 0 saturated carbocycles. The fraction of sp³-hybridized carbons (Fsp3) is 0.222. The lowest BCUT2D eigenvalue weighted by atomic mass is 10.1. The predicted molar refractivity (Wildman–Crippen MR) is 105 cm³/mol. The van der Waals surface area contributed by atoms with Crippen LogP contribution in [0.5, 0.6) is 0 Å². The van der Waals surface area contributed by atoms with Crippen molar-refractivity contribution < 1.29 is 32.8 Å². The average Bonchev–Trinajstić information content (AvgIpc) is 2.66. The van der Waals surface area contributed by atoms with Crippen LogP contribution in [-0.4, -0.2) is 30.1 Å². The van der Waals surface area contributed by atoms with Gasteiger partial charge >= 0.3 is 11.9 Å². The normalized spacial score (nSPS) is 9.87. The zero-order valence-corrected chi connectivity index (χ0v) is 16.1. The number of hydrogen-bond donors (Lipinski definition) is 3. The molecular formula is C18H20F2N4O6. The molecular weight excluding hydrogens is 406 g/mol. The summed E-state index contributed by atoms with van der Waals surface area (Å²) < 4.78 is 35.6. The Balaban J connectivity index is 0.000000303. The third-order valence-electron chi connectivity index (χ3n) is 3.56. The van der Waals surface area contributed by atoms with Crippen molar-refractivity contribution >= 4 is 34.7 Å². The molecule has 0 bridgehead atoms. The maximum absolute atomic E-state index is 13.3. The molecule has 0 aliphatic rings. The number of nitrogen functional groups attached to an aromatic ring is 3. The lowest BCUT2D eigenvalue weighted by Crippen LogP contribution is -2.12. The number of ether oxygens (including phenoxy) is 2. The van der Waals surface area contributed by atoms with E-state index in [1.54, 1.807) is 6.92 Å². The first-order chi connectivity index (χ1) is 14.1. The van der Waals surface area contributed by atoms with E-state index in [9.17, 15) is 28.5 Å². The van der Waals surface area contributed by atoms with E-state index in [2.05, 4.69) is 9.47 Å². The van der Waals surface area contributed by atoms with Crippen LogP contribution in [0.2, 0.25) is 0 Å². The van der Waals surface area contributed by atoms with Crippen LogP contribution in [0.1, 0.15) is 34.6 Å². The first-order valence-electron chi connectivity index (χ1n) is 8.46. The highest BCUT2D eigenvalue weighted by molar-refractivity contribution is 5.98. The van der Waals surface area contributed by atoms with Crippen LogP contribution in [0.4, 0.5) is 31.5 Å². The molecule has 0 heterocycles. The monoisotopic (exact) mass is 426 g/mol. The minimum Gasteiger partial charge on any atom is -0.462 e. The van der Waals surface area contributed by atoms with Crippen LogP contribution >= 0.6 is 0 Å². The van der Waals surface area contributed by atoms with E-state index in [1.807, 2.05) is 0 Å². The maximum atomic E-state index is 13.3. The Kier molecular flexibility index (Phi) is 8.47. The zero-order chi connectivity index (χ0) is 23.0. The molecule has 0 aliphatic carbocycles. The second-order valence-electron chi connectivity index (χ2n) is 5.48. The van der Waals surface area contributed by atoms with Gasteiger partial charge in [0.15, 0.2) is 0 Å². The molecule has 0 aliphatic heterocycles. The van der Waals surface area contributed by atoms with Gasteiger partial charge in [0.25, 0.3) is 5.69 Å². The number of benzene rings is 2. The van der Waals surface area contributed by atoms with Crippen molar-refractivity contribution in [1.29, 1.82) is 0 Å². The summed E-state index contributed by atoms with van der Waals surface area (Å²) in [4.78, 5) is 32.3. The molecule has 2 aromatic rings. The number of nitrogens with zero attached hydrogens (tertiary/aromatic N) is 1. The number of nitro groups is 1. The Morgan fingerprint density at radius 2 is 1.33 bits per heavy atom. The van der Waals surface area contributed by atoms with Crippen molar-refractivity contribution in [3.05, 3.63) is 57.1 Å². The molecule has 0 radical (unpaired) electrons. The van der Waals surface area contributed by atoms with Crippen molar-refractivity contribution in [3.8, 4) is 0 Å². The molecule has 12 heteroatoms. The Morgan fingerprint density at radius 3 is 1.77 bits per heavy atom. The molecule has 6 N–H and O–H groups in total. The van der Waals surface area contributed by atoms with Crippen molar-refractivity contribution in [2.75, 3.05) is 30.4 Å². The van der Waals surface area contributed by atoms with Gasteiger partial charge in [-0.1, -0.05) is 0 Å². The number of carbonyl (C=O) groups excluding carboxylic acids is 2. The van der Waals surface area contributed by atoms with Gasteiger partial charge in [-0.3, -0.25) is 10.1 Å². The van der Waals surface area contributed by atoms with Crippen LogP contribution in [0.3, 0.4) is 0 Å². The molecule has 0 spiro atoms. The molecule has 30 heavy (non-hydrogen) atoms. The summed E-state index contributed by atoms with van der Waals surface area (Å²) in [5, 5.41) is 10.5. The summed E-state index contributed by atoms with van der Waals surface area (Å²) in [7, 11) is 0. The lowest BCUT2D eigenvalue weighted by Gasteiger charge is -2.08. The molecule has 0 amide bonds. The van der Waals surface area contributed by atoms with Gasteiger partial charge in [-0.05, 0) is 32.0 Å². The standard InChI is InChI=1S/C9H9FN2O4.C9H11FN2O2/c1-2-16-9(13)7-5(10)3-4-6(8(7)11)12(14)15;1-2-14-9(13)7-5(10)3-4-6(11)8(7)12/h3-4H,2,11H2,1H3;3-4H,2,11-12H2,1H3. The van der Waals surface area contributed by atoms with Gasteiger partial charge in [-0.25, -0.2) is 18.4 Å².